The first-order chi connectivity index (χ1) is 8.77. The molecule has 0 amide bonds. The highest BCUT2D eigenvalue weighted by Crippen LogP contribution is 2.18. The van der Waals surface area contributed by atoms with E-state index in [9.17, 15) is 4.39 Å². The van der Waals surface area contributed by atoms with E-state index in [1.807, 2.05) is 6.07 Å². The van der Waals surface area contributed by atoms with Gasteiger partial charge in [0.1, 0.15) is 0 Å². The van der Waals surface area contributed by atoms with Gasteiger partial charge in [0.25, 0.3) is 0 Å². The first-order valence-corrected chi connectivity index (χ1v) is 7.78. The molecule has 0 fully saturated rings. The zero-order chi connectivity index (χ0) is 13.2. The van der Waals surface area contributed by atoms with Crippen molar-refractivity contribution in [2.45, 2.75) is 26.3 Å². The van der Waals surface area contributed by atoms with Crippen LogP contribution in [0, 0.1) is 5.82 Å². The van der Waals surface area contributed by atoms with Crippen LogP contribution in [0.25, 0.3) is 0 Å². The number of halogens is 1. The van der Waals surface area contributed by atoms with Gasteiger partial charge in [-0.2, -0.15) is 11.8 Å². The summed E-state index contributed by atoms with van der Waals surface area (Å²) >= 11 is 1.77. The largest absolute Gasteiger partial charge is 0.490 e. The highest BCUT2D eigenvalue weighted by Gasteiger charge is 2.04. The van der Waals surface area contributed by atoms with Gasteiger partial charge in [-0.15, -0.1) is 0 Å². The Hall–Kier alpha value is -0.740. The van der Waals surface area contributed by atoms with Gasteiger partial charge < -0.3 is 10.1 Å². The molecule has 0 spiro atoms. The summed E-state index contributed by atoms with van der Waals surface area (Å²) in [5.41, 5.74) is 0.956. The van der Waals surface area contributed by atoms with Gasteiger partial charge in [-0.1, -0.05) is 13.0 Å². The highest BCUT2D eigenvalue weighted by atomic mass is 32.2. The van der Waals surface area contributed by atoms with Gasteiger partial charge in [0.2, 0.25) is 0 Å². The SMILES string of the molecule is CCCNCc1ccc(OCCCSC)c(F)c1. The van der Waals surface area contributed by atoms with Crippen molar-refractivity contribution in [3.8, 4) is 5.75 Å². The second-order valence-corrected chi connectivity index (χ2v) is 5.12. The first kappa shape index (κ1) is 15.3. The van der Waals surface area contributed by atoms with Crippen molar-refractivity contribution < 1.29 is 9.13 Å². The fourth-order valence-electron chi connectivity index (χ4n) is 1.57. The molecule has 0 radical (unpaired) electrons. The Bertz CT molecular complexity index is 347. The number of hydrogen-bond donors (Lipinski definition) is 1. The molecule has 1 N–H and O–H groups in total. The van der Waals surface area contributed by atoms with Gasteiger partial charge in [-0.25, -0.2) is 4.39 Å². The van der Waals surface area contributed by atoms with Crippen LogP contribution < -0.4 is 10.1 Å². The monoisotopic (exact) mass is 271 g/mol. The van der Waals surface area contributed by atoms with Crippen LogP contribution in [0.2, 0.25) is 0 Å². The maximum absolute atomic E-state index is 13.7. The molecule has 0 unspecified atom stereocenters. The van der Waals surface area contributed by atoms with Crippen LogP contribution in [0.1, 0.15) is 25.3 Å². The van der Waals surface area contributed by atoms with Crippen molar-refractivity contribution in [1.29, 1.82) is 0 Å². The maximum atomic E-state index is 13.7. The predicted molar refractivity (Wildman–Crippen MR) is 76.9 cm³/mol. The first-order valence-electron chi connectivity index (χ1n) is 6.38. The van der Waals surface area contributed by atoms with Gasteiger partial charge in [-0.05, 0) is 49.1 Å². The minimum atomic E-state index is -0.269. The van der Waals surface area contributed by atoms with Crippen molar-refractivity contribution in [3.05, 3.63) is 29.6 Å². The summed E-state index contributed by atoms with van der Waals surface area (Å²) < 4.78 is 19.1. The molecule has 0 aliphatic heterocycles. The Morgan fingerprint density at radius 1 is 1.39 bits per heavy atom. The van der Waals surface area contributed by atoms with Crippen LogP contribution in [0.5, 0.6) is 5.75 Å². The minimum Gasteiger partial charge on any atom is -0.490 e. The average molecular weight is 271 g/mol. The van der Waals surface area contributed by atoms with Crippen LogP contribution in [0.4, 0.5) is 4.39 Å². The van der Waals surface area contributed by atoms with Crippen molar-refractivity contribution in [1.82, 2.24) is 5.32 Å². The van der Waals surface area contributed by atoms with Crippen molar-refractivity contribution >= 4 is 11.8 Å². The molecule has 0 atom stereocenters. The van der Waals surface area contributed by atoms with E-state index in [4.69, 9.17) is 4.74 Å². The third-order valence-corrected chi connectivity index (χ3v) is 3.20. The number of hydrogen-bond acceptors (Lipinski definition) is 3. The van der Waals surface area contributed by atoms with Crippen molar-refractivity contribution in [2.24, 2.45) is 0 Å². The molecule has 1 aromatic carbocycles. The number of benzene rings is 1. The molecule has 0 aliphatic carbocycles. The molecule has 0 saturated carbocycles. The smallest absolute Gasteiger partial charge is 0.165 e. The fourth-order valence-corrected chi connectivity index (χ4v) is 1.97. The molecule has 4 heteroatoms. The zero-order valence-corrected chi connectivity index (χ0v) is 12.0. The Labute approximate surface area is 113 Å². The van der Waals surface area contributed by atoms with Gasteiger partial charge in [0.15, 0.2) is 11.6 Å². The number of ether oxygens (including phenoxy) is 1. The van der Waals surface area contributed by atoms with Crippen LogP contribution in [0.15, 0.2) is 18.2 Å². The minimum absolute atomic E-state index is 0.269. The topological polar surface area (TPSA) is 21.3 Å². The second kappa shape index (κ2) is 9.22. The van der Waals surface area contributed by atoms with Crippen molar-refractivity contribution in [2.75, 3.05) is 25.2 Å². The van der Waals surface area contributed by atoms with Crippen LogP contribution in [-0.4, -0.2) is 25.2 Å². The third-order valence-electron chi connectivity index (χ3n) is 2.50. The van der Waals surface area contributed by atoms with Gasteiger partial charge >= 0.3 is 0 Å². The van der Waals surface area contributed by atoms with E-state index >= 15 is 0 Å². The summed E-state index contributed by atoms with van der Waals surface area (Å²) in [6.45, 7) is 4.34. The number of rotatable bonds is 9. The quantitative estimate of drug-likeness (QED) is 0.695. The molecule has 102 valence electrons. The molecule has 18 heavy (non-hydrogen) atoms. The predicted octanol–water partition coefficient (Wildman–Crippen LogP) is 3.46. The molecular formula is C14H22FNOS. The van der Waals surface area contributed by atoms with Crippen LogP contribution >= 0.6 is 11.8 Å². The zero-order valence-electron chi connectivity index (χ0n) is 11.2. The summed E-state index contributed by atoms with van der Waals surface area (Å²) in [4.78, 5) is 0. The van der Waals surface area contributed by atoms with Gasteiger partial charge in [0, 0.05) is 6.54 Å². The number of nitrogens with one attached hydrogen (secondary N) is 1. The van der Waals surface area contributed by atoms with E-state index in [2.05, 4.69) is 18.5 Å². The molecular weight excluding hydrogens is 249 g/mol. The van der Waals surface area contributed by atoms with E-state index in [-0.39, 0.29) is 5.82 Å². The molecule has 0 heterocycles. The maximum Gasteiger partial charge on any atom is 0.165 e. The Morgan fingerprint density at radius 2 is 2.22 bits per heavy atom. The van der Waals surface area contributed by atoms with E-state index < -0.39 is 0 Å². The summed E-state index contributed by atoms with van der Waals surface area (Å²) in [7, 11) is 0. The highest BCUT2D eigenvalue weighted by molar-refractivity contribution is 7.98. The van der Waals surface area contributed by atoms with E-state index in [0.29, 0.717) is 18.9 Å². The van der Waals surface area contributed by atoms with E-state index in [1.54, 1.807) is 23.9 Å². The van der Waals surface area contributed by atoms with Crippen LogP contribution in [-0.2, 0) is 6.54 Å². The van der Waals surface area contributed by atoms with Gasteiger partial charge in [-0.3, -0.25) is 0 Å². The lowest BCUT2D eigenvalue weighted by atomic mass is 10.2. The summed E-state index contributed by atoms with van der Waals surface area (Å²) in [6.07, 6.45) is 4.08. The van der Waals surface area contributed by atoms with Gasteiger partial charge in [0.05, 0.1) is 6.61 Å². The standard InChI is InChI=1S/C14H22FNOS/c1-3-7-16-11-12-5-6-14(13(15)10-12)17-8-4-9-18-2/h5-6,10,16H,3-4,7-9,11H2,1-2H3. The molecule has 1 aromatic rings. The Kier molecular flexibility index (Phi) is 7.85. The summed E-state index contributed by atoms with van der Waals surface area (Å²) in [6, 6.07) is 5.18. The average Bonchev–Trinajstić information content (AvgIpc) is 2.37. The Balaban J connectivity index is 2.41. The molecule has 0 aliphatic rings. The molecule has 0 bridgehead atoms. The Morgan fingerprint density at radius 3 is 2.89 bits per heavy atom. The lowest BCUT2D eigenvalue weighted by Gasteiger charge is -2.09. The molecule has 0 saturated heterocycles. The lowest BCUT2D eigenvalue weighted by Crippen LogP contribution is -2.13. The fraction of sp³-hybridized carbons (Fsp3) is 0.571. The van der Waals surface area contributed by atoms with E-state index in [1.165, 1.54) is 0 Å². The molecule has 2 nitrogen and oxygen atoms in total. The summed E-state index contributed by atoms with van der Waals surface area (Å²) in [5.74, 6) is 1.13. The molecule has 0 aromatic heterocycles. The number of thioether (sulfide) groups is 1. The van der Waals surface area contributed by atoms with Crippen molar-refractivity contribution in [3.63, 3.8) is 0 Å². The normalized spacial score (nSPS) is 10.6. The molecule has 1 rings (SSSR count). The lowest BCUT2D eigenvalue weighted by molar-refractivity contribution is 0.302. The second-order valence-electron chi connectivity index (χ2n) is 4.14. The van der Waals surface area contributed by atoms with Crippen LogP contribution in [0.3, 0.4) is 0 Å². The third kappa shape index (κ3) is 5.74. The summed E-state index contributed by atoms with van der Waals surface area (Å²) in [5, 5.41) is 3.25. The van der Waals surface area contributed by atoms with E-state index in [0.717, 1.165) is 30.7 Å².